The molecule has 1 fully saturated rings. The summed E-state index contributed by atoms with van der Waals surface area (Å²) in [6.45, 7) is 4.72. The molecule has 2 nitrogen and oxygen atoms in total. The highest BCUT2D eigenvalue weighted by atomic mass is 79.9. The van der Waals surface area contributed by atoms with Crippen LogP contribution in [0, 0.1) is 5.41 Å². The average Bonchev–Trinajstić information content (AvgIpc) is 2.42. The van der Waals surface area contributed by atoms with Crippen LogP contribution in [0.2, 0.25) is 0 Å². The van der Waals surface area contributed by atoms with E-state index in [4.69, 9.17) is 5.73 Å². The Hall–Kier alpha value is -0.410. The molecule has 1 saturated carbocycles. The fourth-order valence-electron chi connectivity index (χ4n) is 2.80. The second-order valence-corrected chi connectivity index (χ2v) is 7.44. The van der Waals surface area contributed by atoms with Crippen LogP contribution in [-0.4, -0.2) is 10.5 Å². The lowest BCUT2D eigenvalue weighted by molar-refractivity contribution is 0.296. The van der Waals surface area contributed by atoms with Gasteiger partial charge >= 0.3 is 0 Å². The van der Waals surface area contributed by atoms with E-state index in [0.717, 1.165) is 29.4 Å². The first kappa shape index (κ1) is 14.0. The standard InChI is InChI=1S/C15H23BrN2/c1-14(2)6-3-7-15(17,9-8-14)10-13-5-4-12(16)11-18-13/h4-5,11H,3,6-10,17H2,1-2H3. The molecule has 1 aromatic heterocycles. The lowest BCUT2D eigenvalue weighted by Crippen LogP contribution is -2.42. The topological polar surface area (TPSA) is 38.9 Å². The smallest absolute Gasteiger partial charge is 0.0422 e. The van der Waals surface area contributed by atoms with Crippen molar-refractivity contribution in [3.63, 3.8) is 0 Å². The molecule has 3 heteroatoms. The van der Waals surface area contributed by atoms with Gasteiger partial charge in [-0.2, -0.15) is 0 Å². The van der Waals surface area contributed by atoms with Gasteiger partial charge in [-0.05, 0) is 59.2 Å². The number of hydrogen-bond donors (Lipinski definition) is 1. The molecular formula is C15H23BrN2. The minimum Gasteiger partial charge on any atom is -0.325 e. The van der Waals surface area contributed by atoms with Gasteiger partial charge in [0.1, 0.15) is 0 Å². The van der Waals surface area contributed by atoms with Crippen molar-refractivity contribution < 1.29 is 0 Å². The first-order chi connectivity index (χ1) is 8.39. The predicted molar refractivity (Wildman–Crippen MR) is 79.4 cm³/mol. The van der Waals surface area contributed by atoms with Crippen LogP contribution in [0.4, 0.5) is 0 Å². The maximum atomic E-state index is 6.60. The molecule has 1 aliphatic rings. The second kappa shape index (κ2) is 5.30. The van der Waals surface area contributed by atoms with Gasteiger partial charge in [0, 0.05) is 28.3 Å². The largest absolute Gasteiger partial charge is 0.325 e. The summed E-state index contributed by atoms with van der Waals surface area (Å²) in [6.07, 6.45) is 8.74. The Balaban J connectivity index is 2.05. The fraction of sp³-hybridized carbons (Fsp3) is 0.667. The molecule has 1 aliphatic carbocycles. The van der Waals surface area contributed by atoms with Crippen LogP contribution in [0.1, 0.15) is 51.6 Å². The Morgan fingerprint density at radius 3 is 2.67 bits per heavy atom. The lowest BCUT2D eigenvalue weighted by Gasteiger charge is -2.29. The summed E-state index contributed by atoms with van der Waals surface area (Å²) >= 11 is 3.42. The quantitative estimate of drug-likeness (QED) is 0.836. The van der Waals surface area contributed by atoms with Crippen LogP contribution >= 0.6 is 15.9 Å². The second-order valence-electron chi connectivity index (χ2n) is 6.52. The number of nitrogens with two attached hydrogens (primary N) is 1. The molecule has 0 bridgehead atoms. The van der Waals surface area contributed by atoms with Crippen molar-refractivity contribution in [1.29, 1.82) is 0 Å². The SMILES string of the molecule is CC1(C)CCCC(N)(Cc2ccc(Br)cn2)CC1. The van der Waals surface area contributed by atoms with Gasteiger partial charge in [-0.3, -0.25) is 4.98 Å². The highest BCUT2D eigenvalue weighted by Gasteiger charge is 2.32. The summed E-state index contributed by atoms with van der Waals surface area (Å²) in [5, 5.41) is 0. The molecule has 1 unspecified atom stereocenters. The van der Waals surface area contributed by atoms with E-state index in [1.54, 1.807) is 0 Å². The van der Waals surface area contributed by atoms with Crippen LogP contribution in [0.15, 0.2) is 22.8 Å². The van der Waals surface area contributed by atoms with Crippen LogP contribution in [0.25, 0.3) is 0 Å². The van der Waals surface area contributed by atoms with E-state index >= 15 is 0 Å². The summed E-state index contributed by atoms with van der Waals surface area (Å²) in [7, 11) is 0. The third kappa shape index (κ3) is 3.79. The zero-order chi connectivity index (χ0) is 13.2. The number of pyridine rings is 1. The molecule has 2 N–H and O–H groups in total. The van der Waals surface area contributed by atoms with Gasteiger partial charge in [0.15, 0.2) is 0 Å². The molecule has 100 valence electrons. The van der Waals surface area contributed by atoms with E-state index in [1.165, 1.54) is 19.3 Å². The monoisotopic (exact) mass is 310 g/mol. The van der Waals surface area contributed by atoms with Gasteiger partial charge in [0.25, 0.3) is 0 Å². The van der Waals surface area contributed by atoms with E-state index in [2.05, 4.69) is 40.8 Å². The Kier molecular flexibility index (Phi) is 4.12. The normalized spacial score (nSPS) is 27.8. The molecule has 1 heterocycles. The van der Waals surface area contributed by atoms with Crippen LogP contribution in [0.5, 0.6) is 0 Å². The number of aromatic nitrogens is 1. The van der Waals surface area contributed by atoms with Crippen molar-refractivity contribution in [2.24, 2.45) is 11.1 Å². The van der Waals surface area contributed by atoms with Crippen LogP contribution < -0.4 is 5.73 Å². The zero-order valence-corrected chi connectivity index (χ0v) is 13.0. The summed E-state index contributed by atoms with van der Waals surface area (Å²) in [4.78, 5) is 4.46. The molecule has 1 atom stereocenters. The van der Waals surface area contributed by atoms with E-state index in [1.807, 2.05) is 12.3 Å². The first-order valence-electron chi connectivity index (χ1n) is 6.78. The third-order valence-electron chi connectivity index (χ3n) is 4.15. The van der Waals surface area contributed by atoms with Crippen LogP contribution in [-0.2, 0) is 6.42 Å². The Labute approximate surface area is 119 Å². The van der Waals surface area contributed by atoms with Crippen molar-refractivity contribution >= 4 is 15.9 Å². The summed E-state index contributed by atoms with van der Waals surface area (Å²) in [5.74, 6) is 0. The van der Waals surface area contributed by atoms with Gasteiger partial charge in [-0.15, -0.1) is 0 Å². The van der Waals surface area contributed by atoms with E-state index < -0.39 is 0 Å². The predicted octanol–water partition coefficient (Wildman–Crippen LogP) is 4.07. The highest BCUT2D eigenvalue weighted by molar-refractivity contribution is 9.10. The number of nitrogens with zero attached hydrogens (tertiary/aromatic N) is 1. The van der Waals surface area contributed by atoms with E-state index in [0.29, 0.717) is 5.41 Å². The molecule has 1 aromatic rings. The molecular weight excluding hydrogens is 288 g/mol. The molecule has 0 aliphatic heterocycles. The molecule has 0 aromatic carbocycles. The van der Waals surface area contributed by atoms with Crippen molar-refractivity contribution in [2.75, 3.05) is 0 Å². The van der Waals surface area contributed by atoms with Crippen molar-refractivity contribution in [2.45, 2.75) is 57.9 Å². The summed E-state index contributed by atoms with van der Waals surface area (Å²) < 4.78 is 1.03. The highest BCUT2D eigenvalue weighted by Crippen LogP contribution is 2.38. The number of halogens is 1. The Morgan fingerprint density at radius 1 is 1.22 bits per heavy atom. The molecule has 2 rings (SSSR count). The summed E-state index contributed by atoms with van der Waals surface area (Å²) in [5.41, 5.74) is 8.10. The zero-order valence-electron chi connectivity index (χ0n) is 11.4. The van der Waals surface area contributed by atoms with Gasteiger partial charge < -0.3 is 5.73 Å². The van der Waals surface area contributed by atoms with Crippen molar-refractivity contribution in [3.8, 4) is 0 Å². The van der Waals surface area contributed by atoms with Gasteiger partial charge in [0.05, 0.1) is 0 Å². The number of hydrogen-bond acceptors (Lipinski definition) is 2. The third-order valence-corrected chi connectivity index (χ3v) is 4.62. The van der Waals surface area contributed by atoms with Gasteiger partial charge in [-0.25, -0.2) is 0 Å². The van der Waals surface area contributed by atoms with E-state index in [-0.39, 0.29) is 5.54 Å². The molecule has 18 heavy (non-hydrogen) atoms. The minimum absolute atomic E-state index is 0.0609. The summed E-state index contributed by atoms with van der Waals surface area (Å²) in [6, 6.07) is 4.13. The first-order valence-corrected chi connectivity index (χ1v) is 7.57. The van der Waals surface area contributed by atoms with Gasteiger partial charge in [0.2, 0.25) is 0 Å². The molecule has 0 spiro atoms. The maximum absolute atomic E-state index is 6.60. The lowest BCUT2D eigenvalue weighted by atomic mass is 9.82. The minimum atomic E-state index is -0.0609. The maximum Gasteiger partial charge on any atom is 0.0422 e. The molecule has 0 saturated heterocycles. The van der Waals surface area contributed by atoms with Gasteiger partial charge in [-0.1, -0.05) is 20.3 Å². The average molecular weight is 311 g/mol. The van der Waals surface area contributed by atoms with Crippen molar-refractivity contribution in [1.82, 2.24) is 4.98 Å². The van der Waals surface area contributed by atoms with Crippen LogP contribution in [0.3, 0.4) is 0 Å². The number of rotatable bonds is 2. The fourth-order valence-corrected chi connectivity index (χ4v) is 3.04. The van der Waals surface area contributed by atoms with E-state index in [9.17, 15) is 0 Å². The van der Waals surface area contributed by atoms with Crippen molar-refractivity contribution in [3.05, 3.63) is 28.5 Å². The Morgan fingerprint density at radius 2 is 2.00 bits per heavy atom. The molecule has 0 radical (unpaired) electrons. The molecule has 0 amide bonds. The Bertz CT molecular complexity index is 399.